The van der Waals surface area contributed by atoms with Gasteiger partial charge in [0.05, 0.1) is 0 Å². The van der Waals surface area contributed by atoms with E-state index in [-0.39, 0.29) is 0 Å². The summed E-state index contributed by atoms with van der Waals surface area (Å²) >= 11 is 0. The number of hydrogen-bond donors (Lipinski definition) is 1. The summed E-state index contributed by atoms with van der Waals surface area (Å²) in [5.74, 6) is 0.977. The monoisotopic (exact) mass is 154 g/mol. The second-order valence-electron chi connectivity index (χ2n) is 4.05. The molecule has 0 spiro atoms. The molecule has 1 N–H and O–H groups in total. The quantitative estimate of drug-likeness (QED) is 0.629. The van der Waals surface area contributed by atoms with E-state index in [0.717, 1.165) is 18.0 Å². The highest BCUT2D eigenvalue weighted by Gasteiger charge is 2.40. The predicted molar refractivity (Wildman–Crippen MR) is 46.6 cm³/mol. The van der Waals surface area contributed by atoms with Gasteiger partial charge in [0.15, 0.2) is 0 Å². The van der Waals surface area contributed by atoms with Crippen LogP contribution in [-0.2, 0) is 0 Å². The number of likely N-dealkylation sites (N-methyl/N-ethyl adjacent to an activating group) is 1. The molecule has 1 saturated carbocycles. The Kier molecular flexibility index (Phi) is 1.90. The van der Waals surface area contributed by atoms with E-state index in [0.29, 0.717) is 0 Å². The van der Waals surface area contributed by atoms with Gasteiger partial charge >= 0.3 is 0 Å². The van der Waals surface area contributed by atoms with Crippen LogP contribution in [0.5, 0.6) is 0 Å². The first-order valence-corrected chi connectivity index (χ1v) is 4.72. The molecule has 0 aromatic carbocycles. The van der Waals surface area contributed by atoms with Gasteiger partial charge in [0.25, 0.3) is 0 Å². The van der Waals surface area contributed by atoms with E-state index in [4.69, 9.17) is 0 Å². The number of rotatable bonds is 2. The molecule has 3 atom stereocenters. The van der Waals surface area contributed by atoms with E-state index >= 15 is 0 Å². The molecule has 1 aliphatic heterocycles. The van der Waals surface area contributed by atoms with Crippen LogP contribution in [0.2, 0.25) is 0 Å². The second-order valence-corrected chi connectivity index (χ2v) is 4.05. The lowest BCUT2D eigenvalue weighted by molar-refractivity contribution is 0.307. The van der Waals surface area contributed by atoms with Crippen LogP contribution in [-0.4, -0.2) is 37.1 Å². The molecule has 0 amide bonds. The van der Waals surface area contributed by atoms with Crippen LogP contribution in [0.25, 0.3) is 0 Å². The third-order valence-electron chi connectivity index (χ3n) is 3.16. The van der Waals surface area contributed by atoms with Crippen LogP contribution in [0.3, 0.4) is 0 Å². The molecule has 2 rings (SSSR count). The summed E-state index contributed by atoms with van der Waals surface area (Å²) in [6.45, 7) is 4.96. The molecule has 11 heavy (non-hydrogen) atoms. The number of hydrogen-bond acceptors (Lipinski definition) is 2. The highest BCUT2D eigenvalue weighted by Crippen LogP contribution is 2.36. The topological polar surface area (TPSA) is 15.3 Å². The van der Waals surface area contributed by atoms with Crippen molar-refractivity contribution < 1.29 is 0 Å². The van der Waals surface area contributed by atoms with Crippen molar-refractivity contribution in [2.24, 2.45) is 5.92 Å². The van der Waals surface area contributed by atoms with Gasteiger partial charge in [0, 0.05) is 25.2 Å². The molecule has 0 radical (unpaired) electrons. The molecular formula is C9H18N2. The van der Waals surface area contributed by atoms with Gasteiger partial charge in [-0.25, -0.2) is 0 Å². The minimum atomic E-state index is 0.766. The standard InChI is InChI=1S/C9H18N2/c1-7-5-9(7)11-4-3-8(6-11)10-2/h7-10H,3-6H2,1-2H3. The molecule has 64 valence electrons. The smallest absolute Gasteiger partial charge is 0.0204 e. The Labute approximate surface area is 69.0 Å². The fourth-order valence-corrected chi connectivity index (χ4v) is 2.14. The van der Waals surface area contributed by atoms with E-state index < -0.39 is 0 Å². The summed E-state index contributed by atoms with van der Waals surface area (Å²) in [4.78, 5) is 2.64. The molecular weight excluding hydrogens is 136 g/mol. The average Bonchev–Trinajstić information content (AvgIpc) is 2.59. The van der Waals surface area contributed by atoms with Crippen molar-refractivity contribution in [2.45, 2.75) is 31.8 Å². The van der Waals surface area contributed by atoms with Crippen molar-refractivity contribution in [3.8, 4) is 0 Å². The minimum Gasteiger partial charge on any atom is -0.316 e. The fraction of sp³-hybridized carbons (Fsp3) is 1.00. The van der Waals surface area contributed by atoms with Gasteiger partial charge in [-0.15, -0.1) is 0 Å². The van der Waals surface area contributed by atoms with Crippen molar-refractivity contribution in [3.05, 3.63) is 0 Å². The van der Waals surface area contributed by atoms with E-state index in [2.05, 4.69) is 24.2 Å². The Morgan fingerprint density at radius 1 is 1.45 bits per heavy atom. The van der Waals surface area contributed by atoms with Crippen molar-refractivity contribution in [2.75, 3.05) is 20.1 Å². The lowest BCUT2D eigenvalue weighted by atomic mass is 10.3. The van der Waals surface area contributed by atoms with Crippen LogP contribution < -0.4 is 5.32 Å². The Morgan fingerprint density at radius 3 is 2.64 bits per heavy atom. The van der Waals surface area contributed by atoms with Crippen LogP contribution in [0.4, 0.5) is 0 Å². The van der Waals surface area contributed by atoms with Crippen LogP contribution in [0, 0.1) is 5.92 Å². The number of nitrogens with zero attached hydrogens (tertiary/aromatic N) is 1. The SMILES string of the molecule is CNC1CCN(C2CC2C)C1. The van der Waals surface area contributed by atoms with Gasteiger partial charge in [-0.3, -0.25) is 4.90 Å². The maximum Gasteiger partial charge on any atom is 0.0204 e. The predicted octanol–water partition coefficient (Wildman–Crippen LogP) is 0.688. The van der Waals surface area contributed by atoms with Gasteiger partial charge in [0.1, 0.15) is 0 Å². The zero-order valence-electron chi connectivity index (χ0n) is 7.51. The average molecular weight is 154 g/mol. The van der Waals surface area contributed by atoms with Gasteiger partial charge in [-0.2, -0.15) is 0 Å². The van der Waals surface area contributed by atoms with Gasteiger partial charge in [-0.05, 0) is 25.8 Å². The Hall–Kier alpha value is -0.0800. The van der Waals surface area contributed by atoms with E-state index in [1.54, 1.807) is 0 Å². The number of likely N-dealkylation sites (tertiary alicyclic amines) is 1. The van der Waals surface area contributed by atoms with Crippen molar-refractivity contribution in [1.29, 1.82) is 0 Å². The van der Waals surface area contributed by atoms with Crippen LogP contribution in [0.15, 0.2) is 0 Å². The largest absolute Gasteiger partial charge is 0.316 e. The zero-order chi connectivity index (χ0) is 7.84. The first kappa shape index (κ1) is 7.56. The zero-order valence-corrected chi connectivity index (χ0v) is 7.51. The molecule has 1 aliphatic carbocycles. The van der Waals surface area contributed by atoms with E-state index in [9.17, 15) is 0 Å². The molecule has 2 heteroatoms. The molecule has 0 bridgehead atoms. The summed E-state index contributed by atoms with van der Waals surface area (Å²) in [6, 6.07) is 1.70. The third kappa shape index (κ3) is 1.42. The van der Waals surface area contributed by atoms with Gasteiger partial charge in [0.2, 0.25) is 0 Å². The lowest BCUT2D eigenvalue weighted by Crippen LogP contribution is -2.31. The molecule has 2 fully saturated rings. The summed E-state index contributed by atoms with van der Waals surface area (Å²) in [7, 11) is 2.07. The molecule has 0 aromatic heterocycles. The molecule has 3 unspecified atom stereocenters. The highest BCUT2D eigenvalue weighted by molar-refractivity contribution is 4.96. The van der Waals surface area contributed by atoms with Crippen molar-refractivity contribution in [1.82, 2.24) is 10.2 Å². The molecule has 1 heterocycles. The van der Waals surface area contributed by atoms with Crippen LogP contribution >= 0.6 is 0 Å². The molecule has 2 aliphatic rings. The minimum absolute atomic E-state index is 0.766. The van der Waals surface area contributed by atoms with E-state index in [1.165, 1.54) is 25.9 Å². The van der Waals surface area contributed by atoms with E-state index in [1.807, 2.05) is 0 Å². The molecule has 0 aromatic rings. The fourth-order valence-electron chi connectivity index (χ4n) is 2.14. The number of nitrogens with one attached hydrogen (secondary N) is 1. The van der Waals surface area contributed by atoms with Gasteiger partial charge in [-0.1, -0.05) is 6.92 Å². The summed E-state index contributed by atoms with van der Waals surface area (Å²) < 4.78 is 0. The Bertz CT molecular complexity index is 146. The highest BCUT2D eigenvalue weighted by atomic mass is 15.2. The maximum absolute atomic E-state index is 3.35. The third-order valence-corrected chi connectivity index (χ3v) is 3.16. The normalized spacial score (nSPS) is 44.7. The first-order chi connectivity index (χ1) is 5.31. The summed E-state index contributed by atoms with van der Waals surface area (Å²) in [5, 5.41) is 3.35. The summed E-state index contributed by atoms with van der Waals surface area (Å²) in [6.07, 6.45) is 2.79. The first-order valence-electron chi connectivity index (χ1n) is 4.72. The lowest BCUT2D eigenvalue weighted by Gasteiger charge is -2.14. The Balaban J connectivity index is 1.81. The second kappa shape index (κ2) is 2.76. The van der Waals surface area contributed by atoms with Crippen LogP contribution in [0.1, 0.15) is 19.8 Å². The Morgan fingerprint density at radius 2 is 2.18 bits per heavy atom. The molecule has 1 saturated heterocycles. The molecule has 2 nitrogen and oxygen atoms in total. The summed E-state index contributed by atoms with van der Waals surface area (Å²) in [5.41, 5.74) is 0. The van der Waals surface area contributed by atoms with Gasteiger partial charge < -0.3 is 5.32 Å². The van der Waals surface area contributed by atoms with Crippen molar-refractivity contribution in [3.63, 3.8) is 0 Å². The maximum atomic E-state index is 3.35. The van der Waals surface area contributed by atoms with Crippen molar-refractivity contribution >= 4 is 0 Å².